The van der Waals surface area contributed by atoms with E-state index in [0.717, 1.165) is 7.11 Å². The van der Waals surface area contributed by atoms with Gasteiger partial charge in [-0.3, -0.25) is 4.79 Å². The fourth-order valence-corrected chi connectivity index (χ4v) is 2.12. The number of anilines is 1. The van der Waals surface area contributed by atoms with Crippen molar-refractivity contribution in [1.29, 1.82) is 0 Å². The molecule has 1 unspecified atom stereocenters. The zero-order valence-electron chi connectivity index (χ0n) is 9.88. The average Bonchev–Trinajstić information content (AvgIpc) is 2.79. The first kappa shape index (κ1) is 13.4. The molecule has 0 radical (unpaired) electrons. The molecule has 0 saturated carbocycles. The van der Waals surface area contributed by atoms with E-state index in [1.54, 1.807) is 0 Å². The van der Waals surface area contributed by atoms with Gasteiger partial charge in [-0.05, 0) is 12.1 Å². The molecule has 0 aromatic heterocycles. The number of ether oxygens (including phenoxy) is 1. The first-order chi connectivity index (χ1) is 8.86. The minimum absolute atomic E-state index is 0.0207. The Morgan fingerprint density at radius 3 is 2.63 bits per heavy atom. The largest absolute Gasteiger partial charge is 0.465 e. The van der Waals surface area contributed by atoms with Gasteiger partial charge in [0.25, 0.3) is 0 Å². The molecule has 1 aliphatic rings. The van der Waals surface area contributed by atoms with E-state index in [0.29, 0.717) is 5.69 Å². The Kier molecular flexibility index (Phi) is 3.21. The number of benzene rings is 1. The van der Waals surface area contributed by atoms with Gasteiger partial charge in [0, 0.05) is 17.8 Å². The third-order valence-electron chi connectivity index (χ3n) is 2.95. The van der Waals surface area contributed by atoms with E-state index in [2.05, 4.69) is 10.1 Å². The summed E-state index contributed by atoms with van der Waals surface area (Å²) in [6.45, 7) is -0.179. The number of rotatable bonds is 2. The molecule has 1 aromatic carbocycles. The molecule has 1 N–H and O–H groups in total. The minimum atomic E-state index is -4.93. The van der Waals surface area contributed by atoms with Crippen molar-refractivity contribution in [3.8, 4) is 0 Å². The van der Waals surface area contributed by atoms with Gasteiger partial charge in [0.1, 0.15) is 0 Å². The number of ketones is 1. The lowest BCUT2D eigenvalue weighted by molar-refractivity contribution is -0.172. The van der Waals surface area contributed by atoms with Gasteiger partial charge in [0.2, 0.25) is 5.78 Å². The van der Waals surface area contributed by atoms with Crippen LogP contribution in [0.4, 0.5) is 18.9 Å². The summed E-state index contributed by atoms with van der Waals surface area (Å²) in [6.07, 6.45) is -4.93. The number of hydrogen-bond donors (Lipinski definition) is 1. The van der Waals surface area contributed by atoms with Gasteiger partial charge in [-0.25, -0.2) is 4.79 Å². The molecule has 0 bridgehead atoms. The quantitative estimate of drug-likeness (QED) is 0.838. The van der Waals surface area contributed by atoms with Crippen molar-refractivity contribution in [2.45, 2.75) is 12.1 Å². The Labute approximate surface area is 106 Å². The van der Waals surface area contributed by atoms with Crippen LogP contribution in [0, 0.1) is 0 Å². The molecule has 0 saturated heterocycles. The molecular formula is C12H10F3NO3. The molecule has 0 spiro atoms. The normalized spacial score (nSPS) is 17.6. The Morgan fingerprint density at radius 1 is 1.37 bits per heavy atom. The number of halogens is 3. The molecule has 0 fully saturated rings. The van der Waals surface area contributed by atoms with Gasteiger partial charge in [0.15, 0.2) is 0 Å². The number of carbonyl (C=O) groups is 2. The third-order valence-corrected chi connectivity index (χ3v) is 2.95. The lowest BCUT2D eigenvalue weighted by Crippen LogP contribution is -2.30. The fraction of sp³-hybridized carbons (Fsp3) is 0.333. The maximum atomic E-state index is 12.5. The fourth-order valence-electron chi connectivity index (χ4n) is 2.12. The van der Waals surface area contributed by atoms with Crippen LogP contribution in [0.15, 0.2) is 18.2 Å². The van der Waals surface area contributed by atoms with E-state index in [1.807, 2.05) is 0 Å². The second-order valence-electron chi connectivity index (χ2n) is 4.05. The van der Waals surface area contributed by atoms with Crippen LogP contribution in [0.25, 0.3) is 0 Å². The van der Waals surface area contributed by atoms with Crippen LogP contribution in [0.5, 0.6) is 0 Å². The predicted octanol–water partition coefficient (Wildman–Crippen LogP) is 2.11. The number of alkyl halides is 3. The summed E-state index contributed by atoms with van der Waals surface area (Å²) < 4.78 is 42.1. The van der Waals surface area contributed by atoms with Crippen molar-refractivity contribution in [1.82, 2.24) is 0 Å². The molecule has 7 heteroatoms. The van der Waals surface area contributed by atoms with E-state index in [9.17, 15) is 22.8 Å². The summed E-state index contributed by atoms with van der Waals surface area (Å²) in [4.78, 5) is 22.9. The topological polar surface area (TPSA) is 55.4 Å². The van der Waals surface area contributed by atoms with Crippen LogP contribution in [-0.2, 0) is 9.53 Å². The predicted molar refractivity (Wildman–Crippen MR) is 60.1 cm³/mol. The minimum Gasteiger partial charge on any atom is -0.465 e. The lowest BCUT2D eigenvalue weighted by atomic mass is 9.92. The number of nitrogens with one attached hydrogen (secondary N) is 1. The van der Waals surface area contributed by atoms with Crippen LogP contribution < -0.4 is 5.32 Å². The van der Waals surface area contributed by atoms with Crippen molar-refractivity contribution >= 4 is 17.4 Å². The Hall–Kier alpha value is -2.05. The zero-order valence-corrected chi connectivity index (χ0v) is 9.88. The summed E-state index contributed by atoms with van der Waals surface area (Å²) >= 11 is 0. The maximum absolute atomic E-state index is 12.5. The molecule has 19 heavy (non-hydrogen) atoms. The van der Waals surface area contributed by atoms with Crippen LogP contribution in [0.3, 0.4) is 0 Å². The smallest absolute Gasteiger partial charge is 0.450 e. The molecule has 0 aliphatic carbocycles. The van der Waals surface area contributed by atoms with Crippen molar-refractivity contribution in [2.24, 2.45) is 0 Å². The summed E-state index contributed by atoms with van der Waals surface area (Å²) in [5.74, 6) is -4.04. The molecule has 2 rings (SSSR count). The second-order valence-corrected chi connectivity index (χ2v) is 4.05. The van der Waals surface area contributed by atoms with Gasteiger partial charge in [-0.15, -0.1) is 0 Å². The van der Waals surface area contributed by atoms with E-state index in [4.69, 9.17) is 0 Å². The summed E-state index contributed by atoms with van der Waals surface area (Å²) in [6, 6.07) is 4.37. The van der Waals surface area contributed by atoms with Crippen molar-refractivity contribution in [2.75, 3.05) is 19.0 Å². The van der Waals surface area contributed by atoms with E-state index in [-0.39, 0.29) is 17.7 Å². The maximum Gasteiger partial charge on any atom is 0.450 e. The number of hydrogen-bond acceptors (Lipinski definition) is 4. The molecule has 0 amide bonds. The number of esters is 1. The molecule has 1 heterocycles. The monoisotopic (exact) mass is 273 g/mol. The van der Waals surface area contributed by atoms with Gasteiger partial charge >= 0.3 is 12.1 Å². The third kappa shape index (κ3) is 2.27. The highest BCUT2D eigenvalue weighted by Crippen LogP contribution is 2.38. The first-order valence-electron chi connectivity index (χ1n) is 5.42. The molecule has 102 valence electrons. The summed E-state index contributed by atoms with van der Waals surface area (Å²) in [7, 11) is 1.13. The average molecular weight is 273 g/mol. The van der Waals surface area contributed by atoms with E-state index >= 15 is 0 Å². The standard InChI is InChI=1S/C12H10F3NO3/c1-19-11(18)6-3-2-4-8-9(6)7(5-16-8)10(17)12(13,14)15/h2-4,7,16H,5H2,1H3. The number of Topliss-reactive ketones (excluding diaryl/α,β-unsaturated/α-hetero) is 1. The van der Waals surface area contributed by atoms with Gasteiger partial charge in [-0.2, -0.15) is 13.2 Å². The first-order valence-corrected chi connectivity index (χ1v) is 5.42. The number of carbonyl (C=O) groups excluding carboxylic acids is 2. The van der Waals surface area contributed by atoms with Crippen LogP contribution in [0.2, 0.25) is 0 Å². The van der Waals surface area contributed by atoms with Gasteiger partial charge < -0.3 is 10.1 Å². The molecular weight excluding hydrogens is 263 g/mol. The Balaban J connectivity index is 2.49. The van der Waals surface area contributed by atoms with Gasteiger partial charge in [-0.1, -0.05) is 6.07 Å². The van der Waals surface area contributed by atoms with Crippen LogP contribution >= 0.6 is 0 Å². The Morgan fingerprint density at radius 2 is 2.05 bits per heavy atom. The highest BCUT2D eigenvalue weighted by molar-refractivity contribution is 6.00. The molecule has 4 nitrogen and oxygen atoms in total. The summed E-state index contributed by atoms with van der Waals surface area (Å²) in [5, 5.41) is 2.69. The molecule has 1 aliphatic heterocycles. The van der Waals surface area contributed by atoms with Crippen molar-refractivity contribution in [3.63, 3.8) is 0 Å². The Bertz CT molecular complexity index is 540. The number of fused-ring (bicyclic) bond motifs is 1. The van der Waals surface area contributed by atoms with Crippen molar-refractivity contribution in [3.05, 3.63) is 29.3 Å². The van der Waals surface area contributed by atoms with E-state index < -0.39 is 23.8 Å². The SMILES string of the molecule is COC(=O)c1cccc2c1C(C(=O)C(F)(F)F)CN2. The van der Waals surface area contributed by atoms with Crippen molar-refractivity contribution < 1.29 is 27.5 Å². The lowest BCUT2D eigenvalue weighted by Gasteiger charge is -2.14. The van der Waals surface area contributed by atoms with Crippen LogP contribution in [0.1, 0.15) is 21.8 Å². The highest BCUT2D eigenvalue weighted by atomic mass is 19.4. The highest BCUT2D eigenvalue weighted by Gasteiger charge is 2.47. The summed E-state index contributed by atoms with van der Waals surface area (Å²) in [5.41, 5.74) is 0.384. The van der Waals surface area contributed by atoms with Crippen LogP contribution in [-0.4, -0.2) is 31.6 Å². The second kappa shape index (κ2) is 4.56. The van der Waals surface area contributed by atoms with E-state index in [1.165, 1.54) is 18.2 Å². The molecule has 1 atom stereocenters. The van der Waals surface area contributed by atoms with Gasteiger partial charge in [0.05, 0.1) is 18.6 Å². The number of methoxy groups -OCH3 is 1. The zero-order chi connectivity index (χ0) is 14.2. The molecule has 1 aromatic rings.